The molecule has 0 heterocycles. The number of aliphatic carboxylic acids is 1. The predicted octanol–water partition coefficient (Wildman–Crippen LogP) is 2.00. The highest BCUT2D eigenvalue weighted by Crippen LogP contribution is 2.16. The van der Waals surface area contributed by atoms with Crippen molar-refractivity contribution < 1.29 is 14.3 Å². The van der Waals surface area contributed by atoms with Crippen molar-refractivity contribution in [2.75, 3.05) is 13.1 Å². The van der Waals surface area contributed by atoms with Gasteiger partial charge in [0.1, 0.15) is 5.82 Å². The Morgan fingerprint density at radius 3 is 2.82 bits per heavy atom. The minimum atomic E-state index is -0.977. The zero-order valence-electron chi connectivity index (χ0n) is 8.99. The molecule has 3 nitrogen and oxygen atoms in total. The van der Waals surface area contributed by atoms with E-state index in [4.69, 9.17) is 23.1 Å². The number of carboxylic acid groups (broad SMARTS) is 1. The zero-order chi connectivity index (χ0) is 12.8. The first-order valence-corrected chi connectivity index (χ1v) is 5.22. The van der Waals surface area contributed by atoms with Gasteiger partial charge in [0.2, 0.25) is 0 Å². The highest BCUT2D eigenvalue weighted by atomic mass is 35.5. The van der Waals surface area contributed by atoms with Crippen LogP contribution in [0.4, 0.5) is 4.39 Å². The average molecular weight is 256 g/mol. The van der Waals surface area contributed by atoms with Crippen LogP contribution in [-0.2, 0) is 11.3 Å². The summed E-state index contributed by atoms with van der Waals surface area (Å²) in [6, 6.07) is 4.34. The van der Waals surface area contributed by atoms with Gasteiger partial charge in [0.05, 0.1) is 18.1 Å². The Labute approximate surface area is 104 Å². The van der Waals surface area contributed by atoms with Crippen LogP contribution < -0.4 is 0 Å². The minimum absolute atomic E-state index is 0.0375. The fourth-order valence-electron chi connectivity index (χ4n) is 1.38. The summed E-state index contributed by atoms with van der Waals surface area (Å²) in [4.78, 5) is 12.1. The van der Waals surface area contributed by atoms with Crippen LogP contribution in [0.15, 0.2) is 18.2 Å². The molecule has 0 aliphatic heterocycles. The third-order valence-corrected chi connectivity index (χ3v) is 2.37. The van der Waals surface area contributed by atoms with E-state index in [0.29, 0.717) is 5.56 Å². The van der Waals surface area contributed by atoms with Crippen LogP contribution in [0.25, 0.3) is 0 Å². The third-order valence-electron chi connectivity index (χ3n) is 2.06. The molecule has 0 aliphatic carbocycles. The lowest BCUT2D eigenvalue weighted by Crippen LogP contribution is -2.29. The zero-order valence-corrected chi connectivity index (χ0v) is 9.75. The summed E-state index contributed by atoms with van der Waals surface area (Å²) < 4.78 is 13.2. The number of terminal acetylenes is 1. The molecule has 0 atom stereocenters. The van der Waals surface area contributed by atoms with Crippen molar-refractivity contribution in [2.24, 2.45) is 0 Å². The van der Waals surface area contributed by atoms with Gasteiger partial charge in [-0.25, -0.2) is 4.39 Å². The maximum absolute atomic E-state index is 13.2. The molecule has 0 bridgehead atoms. The molecule has 0 fully saturated rings. The summed E-state index contributed by atoms with van der Waals surface area (Å²) in [6.45, 7) is 0.273. The van der Waals surface area contributed by atoms with Crippen LogP contribution >= 0.6 is 11.6 Å². The Hall–Kier alpha value is -1.57. The van der Waals surface area contributed by atoms with Crippen molar-refractivity contribution in [1.29, 1.82) is 0 Å². The van der Waals surface area contributed by atoms with Gasteiger partial charge in [-0.1, -0.05) is 23.6 Å². The standard InChI is InChI=1S/C12H11ClFNO2/c1-2-5-15(8-12(16)17)7-9-3-4-10(13)11(14)6-9/h1,3-4,6H,5,7-8H2,(H,16,17). The Morgan fingerprint density at radius 1 is 1.59 bits per heavy atom. The summed E-state index contributed by atoms with van der Waals surface area (Å²) in [7, 11) is 0. The molecule has 0 amide bonds. The van der Waals surface area contributed by atoms with Crippen molar-refractivity contribution in [1.82, 2.24) is 4.90 Å². The quantitative estimate of drug-likeness (QED) is 0.818. The number of carboxylic acids is 1. The smallest absolute Gasteiger partial charge is 0.317 e. The number of nitrogens with zero attached hydrogens (tertiary/aromatic N) is 1. The van der Waals surface area contributed by atoms with Gasteiger partial charge in [-0.3, -0.25) is 9.69 Å². The van der Waals surface area contributed by atoms with E-state index in [1.54, 1.807) is 6.07 Å². The topological polar surface area (TPSA) is 40.5 Å². The first kappa shape index (κ1) is 13.5. The molecule has 0 radical (unpaired) electrons. The molecule has 1 N–H and O–H groups in total. The highest BCUT2D eigenvalue weighted by Gasteiger charge is 2.10. The van der Waals surface area contributed by atoms with Crippen molar-refractivity contribution in [3.63, 3.8) is 0 Å². The fourth-order valence-corrected chi connectivity index (χ4v) is 1.50. The molecule has 0 spiro atoms. The summed E-state index contributed by atoms with van der Waals surface area (Å²) in [5.74, 6) is 0.857. The van der Waals surface area contributed by atoms with Gasteiger partial charge in [-0.15, -0.1) is 6.42 Å². The second-order valence-electron chi connectivity index (χ2n) is 3.49. The van der Waals surface area contributed by atoms with Crippen LogP contribution in [0, 0.1) is 18.2 Å². The van der Waals surface area contributed by atoms with Crippen molar-refractivity contribution in [3.8, 4) is 12.3 Å². The summed E-state index contributed by atoms with van der Waals surface area (Å²) in [5, 5.41) is 8.72. The number of benzene rings is 1. The fraction of sp³-hybridized carbons (Fsp3) is 0.250. The lowest BCUT2D eigenvalue weighted by molar-refractivity contribution is -0.138. The molecular weight excluding hydrogens is 245 g/mol. The molecule has 0 saturated heterocycles. The molecule has 90 valence electrons. The molecule has 1 aromatic carbocycles. The van der Waals surface area contributed by atoms with E-state index in [0.717, 1.165) is 0 Å². The van der Waals surface area contributed by atoms with Crippen LogP contribution in [-0.4, -0.2) is 29.1 Å². The minimum Gasteiger partial charge on any atom is -0.480 e. The van der Waals surface area contributed by atoms with Crippen LogP contribution in [0.1, 0.15) is 5.56 Å². The number of carbonyl (C=O) groups is 1. The number of halogens is 2. The molecular formula is C12H11ClFNO2. The molecule has 0 unspecified atom stereocenters. The Bertz CT molecular complexity index is 456. The third kappa shape index (κ3) is 4.43. The van der Waals surface area contributed by atoms with E-state index in [2.05, 4.69) is 5.92 Å². The largest absolute Gasteiger partial charge is 0.480 e. The van der Waals surface area contributed by atoms with E-state index in [1.807, 2.05) is 0 Å². The first-order valence-electron chi connectivity index (χ1n) is 4.84. The van der Waals surface area contributed by atoms with Gasteiger partial charge in [0.15, 0.2) is 0 Å². The average Bonchev–Trinajstić information content (AvgIpc) is 2.23. The SMILES string of the molecule is C#CCN(CC(=O)O)Cc1ccc(Cl)c(F)c1. The molecule has 0 saturated carbocycles. The van der Waals surface area contributed by atoms with E-state index < -0.39 is 11.8 Å². The number of hydrogen-bond donors (Lipinski definition) is 1. The second-order valence-corrected chi connectivity index (χ2v) is 3.90. The van der Waals surface area contributed by atoms with Crippen LogP contribution in [0.5, 0.6) is 0 Å². The van der Waals surface area contributed by atoms with Gasteiger partial charge in [0, 0.05) is 6.54 Å². The summed E-state index contributed by atoms with van der Waals surface area (Å²) >= 11 is 5.55. The summed E-state index contributed by atoms with van der Waals surface area (Å²) in [5.41, 5.74) is 0.628. The van der Waals surface area contributed by atoms with E-state index in [9.17, 15) is 9.18 Å². The van der Waals surface area contributed by atoms with Gasteiger partial charge >= 0.3 is 5.97 Å². The molecule has 5 heteroatoms. The monoisotopic (exact) mass is 255 g/mol. The molecule has 1 rings (SSSR count). The van der Waals surface area contributed by atoms with Gasteiger partial charge < -0.3 is 5.11 Å². The normalized spacial score (nSPS) is 10.2. The molecule has 1 aromatic rings. The van der Waals surface area contributed by atoms with E-state index in [1.165, 1.54) is 17.0 Å². The van der Waals surface area contributed by atoms with Crippen molar-refractivity contribution >= 4 is 17.6 Å². The molecule has 17 heavy (non-hydrogen) atoms. The Balaban J connectivity index is 2.75. The number of rotatable bonds is 5. The maximum Gasteiger partial charge on any atom is 0.317 e. The Morgan fingerprint density at radius 2 is 2.29 bits per heavy atom. The van der Waals surface area contributed by atoms with Gasteiger partial charge in [-0.05, 0) is 17.7 Å². The maximum atomic E-state index is 13.2. The summed E-state index contributed by atoms with van der Waals surface area (Å²) in [6.07, 6.45) is 5.13. The second kappa shape index (κ2) is 6.24. The lowest BCUT2D eigenvalue weighted by Gasteiger charge is -2.17. The molecule has 0 aliphatic rings. The van der Waals surface area contributed by atoms with Gasteiger partial charge in [0.25, 0.3) is 0 Å². The van der Waals surface area contributed by atoms with E-state index >= 15 is 0 Å². The lowest BCUT2D eigenvalue weighted by atomic mass is 10.2. The Kier molecular flexibility index (Phi) is 4.95. The molecule has 0 aromatic heterocycles. The van der Waals surface area contributed by atoms with Crippen LogP contribution in [0.3, 0.4) is 0 Å². The number of hydrogen-bond acceptors (Lipinski definition) is 2. The van der Waals surface area contributed by atoms with Crippen molar-refractivity contribution in [2.45, 2.75) is 6.54 Å². The first-order chi connectivity index (χ1) is 8.02. The predicted molar refractivity (Wildman–Crippen MR) is 63.2 cm³/mol. The van der Waals surface area contributed by atoms with E-state index in [-0.39, 0.29) is 24.7 Å². The van der Waals surface area contributed by atoms with Crippen molar-refractivity contribution in [3.05, 3.63) is 34.6 Å². The highest BCUT2D eigenvalue weighted by molar-refractivity contribution is 6.30. The van der Waals surface area contributed by atoms with Crippen LogP contribution in [0.2, 0.25) is 5.02 Å². The van der Waals surface area contributed by atoms with Gasteiger partial charge in [-0.2, -0.15) is 0 Å².